The van der Waals surface area contributed by atoms with Gasteiger partial charge in [-0.3, -0.25) is 4.57 Å². The second-order valence-corrected chi connectivity index (χ2v) is 3.14. The van der Waals surface area contributed by atoms with Crippen molar-refractivity contribution in [2.24, 2.45) is 5.92 Å². The van der Waals surface area contributed by atoms with Crippen LogP contribution in [0.3, 0.4) is 0 Å². The second kappa shape index (κ2) is 2.75. The lowest BCUT2D eigenvalue weighted by atomic mass is 10.0. The molecule has 5 heteroatoms. The molecular formula is C7H11N3O2. The largest absolute Gasteiger partial charge is 0.396 e. The molecule has 0 aliphatic carbocycles. The fourth-order valence-electron chi connectivity index (χ4n) is 1.56. The van der Waals surface area contributed by atoms with Crippen molar-refractivity contribution >= 4 is 0 Å². The van der Waals surface area contributed by atoms with Gasteiger partial charge in [-0.2, -0.15) is 5.10 Å². The maximum atomic E-state index is 11.1. The molecule has 0 spiro atoms. The standard InChI is InChI=1S/C7H11N3O2/c11-4-5-1-2-6-8-9-7(12)10(6)3-5/h5,11H,1-4H2,(H,9,12). The molecule has 1 aromatic rings. The van der Waals surface area contributed by atoms with Crippen LogP contribution in [-0.2, 0) is 13.0 Å². The Morgan fingerprint density at radius 2 is 2.58 bits per heavy atom. The molecule has 0 bridgehead atoms. The minimum absolute atomic E-state index is 0.150. The summed E-state index contributed by atoms with van der Waals surface area (Å²) in [5.74, 6) is 1.03. The maximum absolute atomic E-state index is 11.1. The lowest BCUT2D eigenvalue weighted by molar-refractivity contribution is 0.189. The Hall–Kier alpha value is -1.10. The summed E-state index contributed by atoms with van der Waals surface area (Å²) in [4.78, 5) is 11.1. The van der Waals surface area contributed by atoms with Gasteiger partial charge in [0.15, 0.2) is 0 Å². The highest BCUT2D eigenvalue weighted by molar-refractivity contribution is 4.91. The summed E-state index contributed by atoms with van der Waals surface area (Å²) in [7, 11) is 0. The van der Waals surface area contributed by atoms with Crippen LogP contribution in [-0.4, -0.2) is 26.5 Å². The van der Waals surface area contributed by atoms with E-state index in [1.54, 1.807) is 4.57 Å². The zero-order valence-corrected chi connectivity index (χ0v) is 6.66. The van der Waals surface area contributed by atoms with E-state index in [0.29, 0.717) is 6.54 Å². The van der Waals surface area contributed by atoms with Crippen LogP contribution >= 0.6 is 0 Å². The first-order valence-electron chi connectivity index (χ1n) is 4.06. The van der Waals surface area contributed by atoms with Crippen LogP contribution in [0.15, 0.2) is 4.79 Å². The molecule has 1 aliphatic rings. The van der Waals surface area contributed by atoms with Gasteiger partial charge in [0.2, 0.25) is 0 Å². The molecule has 0 saturated heterocycles. The predicted molar refractivity (Wildman–Crippen MR) is 41.7 cm³/mol. The Labute approximate surface area is 69.0 Å². The first kappa shape index (κ1) is 7.54. The Balaban J connectivity index is 2.32. The average Bonchev–Trinajstić information content (AvgIpc) is 2.47. The Bertz CT molecular complexity index is 328. The third kappa shape index (κ3) is 1.06. The van der Waals surface area contributed by atoms with Crippen LogP contribution < -0.4 is 5.69 Å². The molecule has 1 unspecified atom stereocenters. The van der Waals surface area contributed by atoms with Gasteiger partial charge in [-0.15, -0.1) is 0 Å². The number of rotatable bonds is 1. The summed E-state index contributed by atoms with van der Waals surface area (Å²) in [6, 6.07) is 0. The highest BCUT2D eigenvalue weighted by atomic mass is 16.3. The molecular weight excluding hydrogens is 158 g/mol. The third-order valence-electron chi connectivity index (χ3n) is 2.31. The van der Waals surface area contributed by atoms with Crippen LogP contribution in [0.4, 0.5) is 0 Å². The smallest absolute Gasteiger partial charge is 0.343 e. The highest BCUT2D eigenvalue weighted by Crippen LogP contribution is 2.15. The van der Waals surface area contributed by atoms with Crippen LogP contribution in [0.1, 0.15) is 12.2 Å². The molecule has 1 aliphatic heterocycles. The Morgan fingerprint density at radius 1 is 1.75 bits per heavy atom. The van der Waals surface area contributed by atoms with Gasteiger partial charge in [-0.05, 0) is 6.42 Å². The van der Waals surface area contributed by atoms with Crippen molar-refractivity contribution in [1.29, 1.82) is 0 Å². The minimum atomic E-state index is -0.164. The Kier molecular flexibility index (Phi) is 1.73. The van der Waals surface area contributed by atoms with Crippen molar-refractivity contribution in [3.8, 4) is 0 Å². The van der Waals surface area contributed by atoms with E-state index >= 15 is 0 Å². The van der Waals surface area contributed by atoms with Gasteiger partial charge in [0.25, 0.3) is 0 Å². The monoisotopic (exact) mass is 169 g/mol. The van der Waals surface area contributed by atoms with Gasteiger partial charge >= 0.3 is 5.69 Å². The van der Waals surface area contributed by atoms with Crippen molar-refractivity contribution < 1.29 is 5.11 Å². The number of aliphatic hydroxyl groups excluding tert-OH is 1. The molecule has 2 heterocycles. The molecule has 12 heavy (non-hydrogen) atoms. The number of aryl methyl sites for hydroxylation is 1. The molecule has 0 aromatic carbocycles. The lowest BCUT2D eigenvalue weighted by Crippen LogP contribution is -2.29. The summed E-state index contributed by atoms with van der Waals surface area (Å²) in [5, 5.41) is 15.2. The molecule has 0 radical (unpaired) electrons. The van der Waals surface area contributed by atoms with Crippen molar-refractivity contribution in [2.45, 2.75) is 19.4 Å². The number of aromatic nitrogens is 3. The molecule has 5 nitrogen and oxygen atoms in total. The fourth-order valence-corrected chi connectivity index (χ4v) is 1.56. The van der Waals surface area contributed by atoms with E-state index in [0.717, 1.165) is 18.7 Å². The van der Waals surface area contributed by atoms with E-state index in [1.165, 1.54) is 0 Å². The number of nitrogens with zero attached hydrogens (tertiary/aromatic N) is 2. The van der Waals surface area contributed by atoms with E-state index in [1.807, 2.05) is 0 Å². The predicted octanol–water partition coefficient (Wildman–Crippen LogP) is -0.874. The van der Waals surface area contributed by atoms with E-state index in [-0.39, 0.29) is 18.2 Å². The van der Waals surface area contributed by atoms with Crippen molar-refractivity contribution in [3.05, 3.63) is 16.3 Å². The highest BCUT2D eigenvalue weighted by Gasteiger charge is 2.20. The fraction of sp³-hybridized carbons (Fsp3) is 0.714. The van der Waals surface area contributed by atoms with Crippen LogP contribution in [0, 0.1) is 5.92 Å². The number of hydrogen-bond acceptors (Lipinski definition) is 3. The molecule has 0 amide bonds. The zero-order chi connectivity index (χ0) is 8.55. The van der Waals surface area contributed by atoms with Gasteiger partial charge in [0.05, 0.1) is 0 Å². The normalized spacial score (nSPS) is 22.2. The molecule has 1 aromatic heterocycles. The quantitative estimate of drug-likeness (QED) is 0.574. The van der Waals surface area contributed by atoms with Gasteiger partial charge < -0.3 is 5.11 Å². The van der Waals surface area contributed by atoms with Crippen molar-refractivity contribution in [3.63, 3.8) is 0 Å². The van der Waals surface area contributed by atoms with E-state index < -0.39 is 0 Å². The van der Waals surface area contributed by atoms with E-state index in [2.05, 4.69) is 10.2 Å². The summed E-state index contributed by atoms with van der Waals surface area (Å²) >= 11 is 0. The number of aromatic amines is 1. The molecule has 1 atom stereocenters. The molecule has 0 fully saturated rings. The van der Waals surface area contributed by atoms with Crippen molar-refractivity contribution in [1.82, 2.24) is 14.8 Å². The van der Waals surface area contributed by atoms with Crippen LogP contribution in [0.2, 0.25) is 0 Å². The van der Waals surface area contributed by atoms with Gasteiger partial charge in [0, 0.05) is 25.5 Å². The van der Waals surface area contributed by atoms with E-state index in [9.17, 15) is 4.79 Å². The summed E-state index contributed by atoms with van der Waals surface area (Å²) in [6.45, 7) is 0.748. The van der Waals surface area contributed by atoms with E-state index in [4.69, 9.17) is 5.11 Å². The first-order chi connectivity index (χ1) is 5.81. The average molecular weight is 169 g/mol. The lowest BCUT2D eigenvalue weighted by Gasteiger charge is -2.19. The number of aliphatic hydroxyl groups is 1. The zero-order valence-electron chi connectivity index (χ0n) is 6.66. The summed E-state index contributed by atoms with van der Waals surface area (Å²) in [6.07, 6.45) is 1.70. The number of H-pyrrole nitrogens is 1. The third-order valence-corrected chi connectivity index (χ3v) is 2.31. The van der Waals surface area contributed by atoms with Gasteiger partial charge in [-0.25, -0.2) is 9.89 Å². The van der Waals surface area contributed by atoms with Gasteiger partial charge in [-0.1, -0.05) is 0 Å². The SMILES string of the molecule is O=c1[nH]nc2n1CC(CO)CC2. The van der Waals surface area contributed by atoms with Crippen LogP contribution in [0.25, 0.3) is 0 Å². The minimum Gasteiger partial charge on any atom is -0.396 e. The molecule has 2 rings (SSSR count). The maximum Gasteiger partial charge on any atom is 0.343 e. The number of fused-ring (bicyclic) bond motifs is 1. The summed E-state index contributed by atoms with van der Waals surface area (Å²) in [5.41, 5.74) is -0.164. The van der Waals surface area contributed by atoms with Gasteiger partial charge in [0.1, 0.15) is 5.82 Å². The van der Waals surface area contributed by atoms with Crippen LogP contribution in [0.5, 0.6) is 0 Å². The second-order valence-electron chi connectivity index (χ2n) is 3.14. The van der Waals surface area contributed by atoms with Crippen molar-refractivity contribution in [2.75, 3.05) is 6.61 Å². The first-order valence-corrected chi connectivity index (χ1v) is 4.06. The molecule has 2 N–H and O–H groups in total. The summed E-state index contributed by atoms with van der Waals surface area (Å²) < 4.78 is 1.60. The molecule has 0 saturated carbocycles. The number of hydrogen-bond donors (Lipinski definition) is 2. The topological polar surface area (TPSA) is 70.9 Å². The molecule has 66 valence electrons. The Morgan fingerprint density at radius 3 is 3.33 bits per heavy atom. The number of nitrogens with one attached hydrogen (secondary N) is 1.